The zero-order chi connectivity index (χ0) is 8.57. The molecule has 4 nitrogen and oxygen atoms in total. The summed E-state index contributed by atoms with van der Waals surface area (Å²) in [5, 5.41) is 10.1. The summed E-state index contributed by atoms with van der Waals surface area (Å²) < 4.78 is 0. The molecule has 0 aromatic heterocycles. The highest BCUT2D eigenvalue weighted by Crippen LogP contribution is 1.60. The van der Waals surface area contributed by atoms with Gasteiger partial charge in [-0.05, 0) is 6.26 Å². The van der Waals surface area contributed by atoms with Crippen molar-refractivity contribution in [3.63, 3.8) is 0 Å². The van der Waals surface area contributed by atoms with Crippen LogP contribution in [0.2, 0.25) is 0 Å². The number of hydrogen-bond donors (Lipinski definition) is 3. The Hall–Kier alpha value is -0.710. The van der Waals surface area contributed by atoms with E-state index in [2.05, 4.69) is 17.9 Å². The van der Waals surface area contributed by atoms with Crippen molar-refractivity contribution in [2.75, 3.05) is 12.8 Å². The van der Waals surface area contributed by atoms with Gasteiger partial charge in [-0.1, -0.05) is 0 Å². The molecule has 0 aliphatic heterocycles. The fourth-order valence-corrected chi connectivity index (χ4v) is 0.200. The molecule has 0 aromatic carbocycles. The summed E-state index contributed by atoms with van der Waals surface area (Å²) >= 11 is 3.53. The Labute approximate surface area is 65.0 Å². The summed E-state index contributed by atoms with van der Waals surface area (Å²) in [5.41, 5.74) is 0. The van der Waals surface area contributed by atoms with Crippen molar-refractivity contribution in [2.24, 2.45) is 0 Å². The van der Waals surface area contributed by atoms with E-state index in [0.717, 1.165) is 0 Å². The molecule has 0 aromatic rings. The minimum absolute atomic E-state index is 0.296. The average molecular weight is 165 g/mol. The lowest BCUT2D eigenvalue weighted by molar-refractivity contribution is -0.137. The van der Waals surface area contributed by atoms with Crippen LogP contribution in [0.15, 0.2) is 0 Å². The number of carbonyl (C=O) groups excluding carboxylic acids is 1. The Kier molecular flexibility index (Phi) is 9.96. The van der Waals surface area contributed by atoms with Gasteiger partial charge in [0.15, 0.2) is 0 Å². The van der Waals surface area contributed by atoms with Crippen molar-refractivity contribution < 1.29 is 14.7 Å². The van der Waals surface area contributed by atoms with E-state index in [1.165, 1.54) is 6.92 Å². The summed E-state index contributed by atoms with van der Waals surface area (Å²) in [5.74, 6) is -1.35. The van der Waals surface area contributed by atoms with Gasteiger partial charge in [-0.25, -0.2) is 0 Å². The van der Waals surface area contributed by atoms with Gasteiger partial charge in [-0.3, -0.25) is 9.59 Å². The highest BCUT2D eigenvalue weighted by molar-refractivity contribution is 7.79. The van der Waals surface area contributed by atoms with Crippen molar-refractivity contribution >= 4 is 24.5 Å². The molecule has 0 unspecified atom stereocenters. The number of thiol groups is 1. The topological polar surface area (TPSA) is 66.4 Å². The molecular formula is C5H11NO3S. The van der Waals surface area contributed by atoms with Crippen LogP contribution >= 0.6 is 12.6 Å². The second-order valence-electron chi connectivity index (χ2n) is 1.30. The number of carboxylic acid groups (broad SMARTS) is 1. The number of rotatable bonds is 2. The molecule has 10 heavy (non-hydrogen) atoms. The van der Waals surface area contributed by atoms with Gasteiger partial charge in [-0.15, -0.1) is 0 Å². The van der Waals surface area contributed by atoms with Crippen LogP contribution < -0.4 is 5.32 Å². The lowest BCUT2D eigenvalue weighted by Crippen LogP contribution is -2.26. The third-order valence-corrected chi connectivity index (χ3v) is 0.489. The van der Waals surface area contributed by atoms with Crippen LogP contribution in [0.3, 0.4) is 0 Å². The molecule has 1 amide bonds. The van der Waals surface area contributed by atoms with Crippen LogP contribution in [-0.4, -0.2) is 29.8 Å². The van der Waals surface area contributed by atoms with Gasteiger partial charge in [-0.2, -0.15) is 12.6 Å². The lowest BCUT2D eigenvalue weighted by atomic mass is 10.6. The maximum Gasteiger partial charge on any atom is 0.322 e. The third kappa shape index (κ3) is 15.7. The van der Waals surface area contributed by atoms with E-state index >= 15 is 0 Å². The molecule has 0 aliphatic carbocycles. The Morgan fingerprint density at radius 3 is 2.00 bits per heavy atom. The molecule has 2 N–H and O–H groups in total. The summed E-state index contributed by atoms with van der Waals surface area (Å²) in [7, 11) is 0. The average Bonchev–Trinajstić information content (AvgIpc) is 1.89. The Morgan fingerprint density at radius 2 is 1.90 bits per heavy atom. The van der Waals surface area contributed by atoms with E-state index in [1.54, 1.807) is 6.26 Å². The quantitative estimate of drug-likeness (QED) is 0.494. The highest BCUT2D eigenvalue weighted by atomic mass is 32.1. The van der Waals surface area contributed by atoms with E-state index in [4.69, 9.17) is 5.11 Å². The molecule has 0 spiro atoms. The van der Waals surface area contributed by atoms with Gasteiger partial charge in [0.1, 0.15) is 6.54 Å². The largest absolute Gasteiger partial charge is 0.480 e. The highest BCUT2D eigenvalue weighted by Gasteiger charge is 1.94. The molecule has 0 aliphatic rings. The predicted octanol–water partition coefficient (Wildman–Crippen LogP) is -0.247. The summed E-state index contributed by atoms with van der Waals surface area (Å²) in [4.78, 5) is 19.7. The summed E-state index contributed by atoms with van der Waals surface area (Å²) in [6.07, 6.45) is 1.69. The minimum atomic E-state index is -1.03. The molecule has 0 rings (SSSR count). The molecule has 0 saturated heterocycles. The van der Waals surface area contributed by atoms with Gasteiger partial charge in [0, 0.05) is 6.92 Å². The first kappa shape index (κ1) is 12.0. The number of aliphatic carboxylic acids is 1. The van der Waals surface area contributed by atoms with Crippen molar-refractivity contribution in [3.8, 4) is 0 Å². The first-order valence-electron chi connectivity index (χ1n) is 2.54. The summed E-state index contributed by atoms with van der Waals surface area (Å²) in [6.45, 7) is 0.971. The van der Waals surface area contributed by atoms with E-state index in [0.29, 0.717) is 0 Å². The zero-order valence-electron chi connectivity index (χ0n) is 5.92. The molecule has 0 radical (unpaired) electrons. The first-order chi connectivity index (χ1) is 4.63. The number of nitrogens with one attached hydrogen (secondary N) is 1. The monoisotopic (exact) mass is 165 g/mol. The maximum absolute atomic E-state index is 9.97. The standard InChI is InChI=1S/C4H7NO3.CH4S/c1-3(6)5-2-4(7)8;1-2/h2H2,1H3,(H,5,6)(H,7,8);2H,1H3. The van der Waals surface area contributed by atoms with E-state index in [9.17, 15) is 9.59 Å². The smallest absolute Gasteiger partial charge is 0.322 e. The van der Waals surface area contributed by atoms with Crippen LogP contribution in [0.4, 0.5) is 0 Å². The van der Waals surface area contributed by atoms with Crippen molar-refractivity contribution in [1.29, 1.82) is 0 Å². The molecule has 0 fully saturated rings. The second kappa shape index (κ2) is 8.29. The number of carboxylic acids is 1. The fourth-order valence-electron chi connectivity index (χ4n) is 0.200. The SMILES string of the molecule is CC(=O)NCC(=O)O.CS. The Morgan fingerprint density at radius 1 is 1.50 bits per heavy atom. The maximum atomic E-state index is 9.97. The molecule has 0 atom stereocenters. The zero-order valence-corrected chi connectivity index (χ0v) is 6.81. The number of carbonyl (C=O) groups is 2. The predicted molar refractivity (Wildman–Crippen MR) is 41.2 cm³/mol. The van der Waals surface area contributed by atoms with Crippen molar-refractivity contribution in [1.82, 2.24) is 5.32 Å². The Balaban J connectivity index is 0. The fraction of sp³-hybridized carbons (Fsp3) is 0.600. The first-order valence-corrected chi connectivity index (χ1v) is 3.43. The third-order valence-electron chi connectivity index (χ3n) is 0.489. The van der Waals surface area contributed by atoms with Gasteiger partial charge in [0.25, 0.3) is 0 Å². The van der Waals surface area contributed by atoms with Crippen LogP contribution in [0.5, 0.6) is 0 Å². The van der Waals surface area contributed by atoms with Crippen LogP contribution in [0.1, 0.15) is 6.92 Å². The van der Waals surface area contributed by atoms with Gasteiger partial charge < -0.3 is 10.4 Å². The van der Waals surface area contributed by atoms with E-state index < -0.39 is 5.97 Å². The minimum Gasteiger partial charge on any atom is -0.480 e. The molecule has 0 heterocycles. The van der Waals surface area contributed by atoms with Crippen molar-refractivity contribution in [2.45, 2.75) is 6.92 Å². The van der Waals surface area contributed by atoms with Gasteiger partial charge in [0.05, 0.1) is 0 Å². The normalized spacial score (nSPS) is 7.10. The van der Waals surface area contributed by atoms with Crippen molar-refractivity contribution in [3.05, 3.63) is 0 Å². The number of hydrogen-bond acceptors (Lipinski definition) is 3. The van der Waals surface area contributed by atoms with E-state index in [1.807, 2.05) is 0 Å². The molecular weight excluding hydrogens is 154 g/mol. The van der Waals surface area contributed by atoms with Crippen LogP contribution in [0.25, 0.3) is 0 Å². The molecule has 5 heteroatoms. The molecule has 60 valence electrons. The van der Waals surface area contributed by atoms with E-state index in [-0.39, 0.29) is 12.5 Å². The molecule has 0 bridgehead atoms. The lowest BCUT2D eigenvalue weighted by Gasteiger charge is -1.92. The summed E-state index contributed by atoms with van der Waals surface area (Å²) in [6, 6.07) is 0. The van der Waals surface area contributed by atoms with Crippen LogP contribution in [0, 0.1) is 0 Å². The van der Waals surface area contributed by atoms with Crippen LogP contribution in [-0.2, 0) is 9.59 Å². The molecule has 0 saturated carbocycles. The number of amides is 1. The van der Waals surface area contributed by atoms with Gasteiger partial charge >= 0.3 is 5.97 Å². The Bertz CT molecular complexity index is 101. The second-order valence-corrected chi connectivity index (χ2v) is 1.30. The van der Waals surface area contributed by atoms with Gasteiger partial charge in [0.2, 0.25) is 5.91 Å².